The van der Waals surface area contributed by atoms with Gasteiger partial charge in [0.05, 0.1) is 0 Å². The summed E-state index contributed by atoms with van der Waals surface area (Å²) >= 11 is 0. The Kier molecular flexibility index (Phi) is 6.93. The lowest BCUT2D eigenvalue weighted by Gasteiger charge is -2.31. The van der Waals surface area contributed by atoms with Gasteiger partial charge in [-0.3, -0.25) is 9.59 Å². The molecular weight excluding hydrogens is 440 g/mol. The molecule has 1 aromatic heterocycles. The van der Waals surface area contributed by atoms with Gasteiger partial charge in [-0.25, -0.2) is 0 Å². The van der Waals surface area contributed by atoms with Crippen molar-refractivity contribution in [3.63, 3.8) is 0 Å². The van der Waals surface area contributed by atoms with Crippen LogP contribution in [0.3, 0.4) is 0 Å². The van der Waals surface area contributed by atoms with E-state index in [4.69, 9.17) is 4.52 Å². The average molecular weight is 473 g/mol. The quantitative estimate of drug-likeness (QED) is 0.516. The summed E-state index contributed by atoms with van der Waals surface area (Å²) in [6, 6.07) is 15.4. The third-order valence-electron chi connectivity index (χ3n) is 7.32. The number of amides is 2. The Labute approximate surface area is 205 Å². The Morgan fingerprint density at radius 1 is 0.971 bits per heavy atom. The van der Waals surface area contributed by atoms with Crippen molar-refractivity contribution >= 4 is 17.5 Å². The van der Waals surface area contributed by atoms with Crippen LogP contribution < -0.4 is 5.32 Å². The zero-order chi connectivity index (χ0) is 24.2. The first kappa shape index (κ1) is 23.3. The number of carbonyl (C=O) groups is 2. The van der Waals surface area contributed by atoms with Crippen LogP contribution in [0.2, 0.25) is 0 Å². The van der Waals surface area contributed by atoms with Gasteiger partial charge in [0.1, 0.15) is 0 Å². The van der Waals surface area contributed by atoms with Crippen molar-refractivity contribution in [2.45, 2.75) is 57.8 Å². The number of benzene rings is 2. The molecule has 35 heavy (non-hydrogen) atoms. The molecule has 0 unspecified atom stereocenters. The van der Waals surface area contributed by atoms with Crippen molar-refractivity contribution in [2.24, 2.45) is 5.92 Å². The molecule has 1 saturated heterocycles. The Morgan fingerprint density at radius 2 is 1.66 bits per heavy atom. The van der Waals surface area contributed by atoms with Gasteiger partial charge in [0.2, 0.25) is 17.6 Å². The second-order valence-corrected chi connectivity index (χ2v) is 9.62. The number of hydrogen-bond donors (Lipinski definition) is 1. The van der Waals surface area contributed by atoms with E-state index < -0.39 is 0 Å². The van der Waals surface area contributed by atoms with Gasteiger partial charge in [-0.15, -0.1) is 0 Å². The minimum absolute atomic E-state index is 0.00896. The molecule has 1 aliphatic heterocycles. The number of hydrogen-bond acceptors (Lipinski definition) is 5. The summed E-state index contributed by atoms with van der Waals surface area (Å²) in [5.74, 6) is 1.61. The summed E-state index contributed by atoms with van der Waals surface area (Å²) in [6.07, 6.45) is 6.95. The van der Waals surface area contributed by atoms with Crippen LogP contribution in [0.5, 0.6) is 0 Å². The zero-order valence-electron chi connectivity index (χ0n) is 20.2. The average Bonchev–Trinajstić information content (AvgIpc) is 3.61. The topological polar surface area (TPSA) is 88.3 Å². The Bertz CT molecular complexity index is 1160. The summed E-state index contributed by atoms with van der Waals surface area (Å²) in [6.45, 7) is 3.25. The predicted molar refractivity (Wildman–Crippen MR) is 134 cm³/mol. The molecule has 1 aliphatic carbocycles. The number of nitrogens with zero attached hydrogens (tertiary/aromatic N) is 3. The molecule has 3 aromatic rings. The number of carbonyl (C=O) groups excluding carboxylic acids is 2. The van der Waals surface area contributed by atoms with E-state index >= 15 is 0 Å². The van der Waals surface area contributed by atoms with E-state index in [0.29, 0.717) is 43.2 Å². The van der Waals surface area contributed by atoms with E-state index in [2.05, 4.69) is 22.4 Å². The first-order valence-corrected chi connectivity index (χ1v) is 12.7. The summed E-state index contributed by atoms with van der Waals surface area (Å²) in [5, 5.41) is 7.16. The minimum atomic E-state index is -0.0837. The normalized spacial score (nSPS) is 17.0. The molecule has 1 N–H and O–H groups in total. The molecular formula is C28H32N4O3. The number of aromatic nitrogens is 2. The summed E-state index contributed by atoms with van der Waals surface area (Å²) < 4.78 is 5.48. The molecule has 7 heteroatoms. The molecule has 0 radical (unpaired) electrons. The molecule has 1 saturated carbocycles. The lowest BCUT2D eigenvalue weighted by molar-refractivity contribution is -0.121. The maximum absolute atomic E-state index is 13.0. The lowest BCUT2D eigenvalue weighted by Crippen LogP contribution is -2.41. The van der Waals surface area contributed by atoms with Crippen molar-refractivity contribution in [1.82, 2.24) is 15.0 Å². The number of likely N-dealkylation sites (tertiary alicyclic amines) is 1. The Morgan fingerprint density at radius 3 is 2.31 bits per heavy atom. The summed E-state index contributed by atoms with van der Waals surface area (Å²) in [7, 11) is 0. The van der Waals surface area contributed by atoms with Crippen LogP contribution in [-0.4, -0.2) is 39.9 Å². The number of anilines is 1. The number of aryl methyl sites for hydroxylation is 1. The highest BCUT2D eigenvalue weighted by atomic mass is 16.5. The van der Waals surface area contributed by atoms with Gasteiger partial charge in [-0.05, 0) is 61.9 Å². The van der Waals surface area contributed by atoms with Crippen LogP contribution in [0, 0.1) is 5.92 Å². The summed E-state index contributed by atoms with van der Waals surface area (Å²) in [4.78, 5) is 32.1. The van der Waals surface area contributed by atoms with Crippen molar-refractivity contribution in [3.8, 4) is 11.4 Å². The molecule has 0 spiro atoms. The molecule has 0 bridgehead atoms. The first-order valence-electron chi connectivity index (χ1n) is 12.7. The third-order valence-corrected chi connectivity index (χ3v) is 7.32. The first-order chi connectivity index (χ1) is 17.1. The van der Waals surface area contributed by atoms with Crippen LogP contribution in [0.15, 0.2) is 53.1 Å². The van der Waals surface area contributed by atoms with Gasteiger partial charge in [0.25, 0.3) is 5.91 Å². The second-order valence-electron chi connectivity index (χ2n) is 9.62. The monoisotopic (exact) mass is 472 g/mol. The fraction of sp³-hybridized carbons (Fsp3) is 0.429. The van der Waals surface area contributed by atoms with E-state index in [-0.39, 0.29) is 17.7 Å². The molecule has 2 aromatic carbocycles. The van der Waals surface area contributed by atoms with E-state index in [1.54, 1.807) is 0 Å². The molecule has 2 aliphatic rings. The largest absolute Gasteiger partial charge is 0.339 e. The van der Waals surface area contributed by atoms with Gasteiger partial charge >= 0.3 is 0 Å². The van der Waals surface area contributed by atoms with Crippen LogP contribution in [0.1, 0.15) is 73.2 Å². The lowest BCUT2D eigenvalue weighted by atomic mass is 9.95. The van der Waals surface area contributed by atoms with Gasteiger partial charge in [0, 0.05) is 41.7 Å². The van der Waals surface area contributed by atoms with Crippen LogP contribution >= 0.6 is 0 Å². The zero-order valence-corrected chi connectivity index (χ0v) is 20.2. The number of nitrogens with one attached hydrogen (secondary N) is 1. The van der Waals surface area contributed by atoms with Crippen molar-refractivity contribution < 1.29 is 14.1 Å². The third kappa shape index (κ3) is 5.29. The maximum atomic E-state index is 13.0. The molecule has 2 heterocycles. The molecule has 182 valence electrons. The van der Waals surface area contributed by atoms with Gasteiger partial charge in [-0.1, -0.05) is 49.2 Å². The van der Waals surface area contributed by atoms with Crippen molar-refractivity contribution in [2.75, 3.05) is 18.4 Å². The van der Waals surface area contributed by atoms with Gasteiger partial charge in [-0.2, -0.15) is 4.98 Å². The Hall–Kier alpha value is -3.48. The summed E-state index contributed by atoms with van der Waals surface area (Å²) in [5.41, 5.74) is 3.54. The molecule has 2 fully saturated rings. The molecule has 0 atom stereocenters. The van der Waals surface area contributed by atoms with Gasteiger partial charge < -0.3 is 14.7 Å². The standard InChI is InChI=1S/C28H32N4O3/c1-2-19-7-13-24(14-8-19)29-26(33)21-15-17-32(18-16-21)28(34)23-11-9-20(10-12-23)25-30-27(35-31-25)22-5-3-4-6-22/h7-14,21-22H,2-6,15-18H2,1H3,(H,29,33). The Balaban J connectivity index is 1.14. The fourth-order valence-electron chi connectivity index (χ4n) is 5.05. The minimum Gasteiger partial charge on any atom is -0.339 e. The van der Waals surface area contributed by atoms with E-state index in [9.17, 15) is 9.59 Å². The molecule has 2 amide bonds. The molecule has 7 nitrogen and oxygen atoms in total. The van der Waals surface area contributed by atoms with Gasteiger partial charge in [0.15, 0.2) is 0 Å². The fourth-order valence-corrected chi connectivity index (χ4v) is 5.05. The predicted octanol–water partition coefficient (Wildman–Crippen LogP) is 5.45. The molecule has 5 rings (SSSR count). The number of rotatable bonds is 6. The number of piperidine rings is 1. The SMILES string of the molecule is CCc1ccc(NC(=O)C2CCN(C(=O)c3ccc(-c4noc(C5CCCC5)n4)cc3)CC2)cc1. The van der Waals surface area contributed by atoms with E-state index in [1.807, 2.05) is 53.4 Å². The smallest absolute Gasteiger partial charge is 0.253 e. The highest BCUT2D eigenvalue weighted by Gasteiger charge is 2.28. The van der Waals surface area contributed by atoms with Crippen molar-refractivity contribution in [3.05, 3.63) is 65.5 Å². The highest BCUT2D eigenvalue weighted by Crippen LogP contribution is 2.34. The maximum Gasteiger partial charge on any atom is 0.253 e. The van der Waals surface area contributed by atoms with Crippen LogP contribution in [-0.2, 0) is 11.2 Å². The second kappa shape index (κ2) is 10.4. The van der Waals surface area contributed by atoms with Crippen LogP contribution in [0.25, 0.3) is 11.4 Å². The highest BCUT2D eigenvalue weighted by molar-refractivity contribution is 5.95. The van der Waals surface area contributed by atoms with E-state index in [0.717, 1.165) is 36.4 Å². The van der Waals surface area contributed by atoms with Crippen LogP contribution in [0.4, 0.5) is 5.69 Å². The van der Waals surface area contributed by atoms with Crippen molar-refractivity contribution in [1.29, 1.82) is 0 Å². The van der Waals surface area contributed by atoms with E-state index in [1.165, 1.54) is 18.4 Å².